The second-order valence-electron chi connectivity index (χ2n) is 4.89. The lowest BCUT2D eigenvalue weighted by Gasteiger charge is -2.06. The van der Waals surface area contributed by atoms with Crippen molar-refractivity contribution in [3.63, 3.8) is 0 Å². The summed E-state index contributed by atoms with van der Waals surface area (Å²) in [6, 6.07) is 8.01. The molecule has 1 aromatic carbocycles. The van der Waals surface area contributed by atoms with Crippen LogP contribution in [0.1, 0.15) is 10.4 Å². The highest BCUT2D eigenvalue weighted by Gasteiger charge is 2.17. The molecule has 9 heteroatoms. The lowest BCUT2D eigenvalue weighted by atomic mass is 10.2. The first kappa shape index (κ1) is 17.1. The Bertz CT molecular complexity index is 995. The average Bonchev–Trinajstić information content (AvgIpc) is 3.17. The van der Waals surface area contributed by atoms with Gasteiger partial charge in [0.05, 0.1) is 20.5 Å². The molecule has 3 aromatic rings. The number of benzene rings is 1. The molecule has 0 saturated carbocycles. The summed E-state index contributed by atoms with van der Waals surface area (Å²) in [6.07, 6.45) is 1.05. The standard InChI is InChI=1S/C15H11ClN2O3S3/c1-24(20,21)13-7-9(4-5-10(13)16)14(19)18-15-17-11(8-23-15)12-3-2-6-22-12/h2-8H,1H3,(H,17,18,19). The topological polar surface area (TPSA) is 76.1 Å². The normalized spacial score (nSPS) is 11.4. The zero-order valence-corrected chi connectivity index (χ0v) is 15.5. The van der Waals surface area contributed by atoms with Crippen molar-refractivity contribution in [1.82, 2.24) is 4.98 Å². The van der Waals surface area contributed by atoms with Gasteiger partial charge in [0, 0.05) is 17.2 Å². The van der Waals surface area contributed by atoms with Crippen LogP contribution in [0.3, 0.4) is 0 Å². The van der Waals surface area contributed by atoms with E-state index in [4.69, 9.17) is 11.6 Å². The van der Waals surface area contributed by atoms with Gasteiger partial charge in [0.15, 0.2) is 15.0 Å². The Morgan fingerprint density at radius 1 is 1.25 bits per heavy atom. The van der Waals surface area contributed by atoms with Gasteiger partial charge < -0.3 is 0 Å². The van der Waals surface area contributed by atoms with Crippen molar-refractivity contribution in [2.75, 3.05) is 11.6 Å². The number of carbonyl (C=O) groups is 1. The van der Waals surface area contributed by atoms with Gasteiger partial charge in [-0.2, -0.15) is 0 Å². The highest BCUT2D eigenvalue weighted by atomic mass is 35.5. The minimum Gasteiger partial charge on any atom is -0.298 e. The molecule has 0 atom stereocenters. The zero-order valence-electron chi connectivity index (χ0n) is 12.3. The molecule has 5 nitrogen and oxygen atoms in total. The number of halogens is 1. The van der Waals surface area contributed by atoms with Gasteiger partial charge >= 0.3 is 0 Å². The van der Waals surface area contributed by atoms with Crippen LogP contribution in [0.2, 0.25) is 5.02 Å². The van der Waals surface area contributed by atoms with E-state index in [0.29, 0.717) is 5.13 Å². The van der Waals surface area contributed by atoms with E-state index in [2.05, 4.69) is 10.3 Å². The predicted molar refractivity (Wildman–Crippen MR) is 97.9 cm³/mol. The van der Waals surface area contributed by atoms with Crippen LogP contribution in [0.25, 0.3) is 10.6 Å². The van der Waals surface area contributed by atoms with Crippen molar-refractivity contribution in [3.8, 4) is 10.6 Å². The summed E-state index contributed by atoms with van der Waals surface area (Å²) in [6.45, 7) is 0. The van der Waals surface area contributed by atoms with E-state index in [9.17, 15) is 13.2 Å². The first-order valence-electron chi connectivity index (χ1n) is 6.65. The highest BCUT2D eigenvalue weighted by molar-refractivity contribution is 7.90. The Hall–Kier alpha value is -1.74. The summed E-state index contributed by atoms with van der Waals surface area (Å²) >= 11 is 8.75. The molecule has 1 N–H and O–H groups in total. The average molecular weight is 399 g/mol. The molecule has 2 heterocycles. The van der Waals surface area contributed by atoms with E-state index in [1.165, 1.54) is 29.5 Å². The number of sulfone groups is 1. The van der Waals surface area contributed by atoms with Crippen molar-refractivity contribution in [2.24, 2.45) is 0 Å². The summed E-state index contributed by atoms with van der Waals surface area (Å²) in [5.41, 5.74) is 0.992. The molecular weight excluding hydrogens is 388 g/mol. The number of carbonyl (C=O) groups excluding carboxylic acids is 1. The molecule has 0 aliphatic carbocycles. The maximum atomic E-state index is 12.3. The fourth-order valence-electron chi connectivity index (χ4n) is 1.97. The first-order valence-corrected chi connectivity index (χ1v) is 10.7. The van der Waals surface area contributed by atoms with Crippen LogP contribution in [0.5, 0.6) is 0 Å². The molecule has 0 fully saturated rings. The lowest BCUT2D eigenvalue weighted by Crippen LogP contribution is -2.12. The Morgan fingerprint density at radius 3 is 2.71 bits per heavy atom. The van der Waals surface area contributed by atoms with Gasteiger partial charge in [-0.1, -0.05) is 17.7 Å². The number of amides is 1. The van der Waals surface area contributed by atoms with Gasteiger partial charge in [-0.25, -0.2) is 13.4 Å². The Balaban J connectivity index is 1.83. The van der Waals surface area contributed by atoms with Gasteiger partial charge in [-0.15, -0.1) is 22.7 Å². The second kappa shape index (κ2) is 6.64. The van der Waals surface area contributed by atoms with Gasteiger partial charge in [0.1, 0.15) is 0 Å². The summed E-state index contributed by atoms with van der Waals surface area (Å²) < 4.78 is 23.4. The molecule has 0 aliphatic heterocycles. The fraction of sp³-hybridized carbons (Fsp3) is 0.0667. The van der Waals surface area contributed by atoms with Gasteiger partial charge in [0.25, 0.3) is 5.91 Å². The first-order chi connectivity index (χ1) is 11.3. The summed E-state index contributed by atoms with van der Waals surface area (Å²) in [7, 11) is -3.51. The Kier molecular flexibility index (Phi) is 4.73. The molecule has 0 spiro atoms. The third kappa shape index (κ3) is 3.67. The van der Waals surface area contributed by atoms with E-state index in [1.807, 2.05) is 22.9 Å². The van der Waals surface area contributed by atoms with Crippen LogP contribution in [0, 0.1) is 0 Å². The van der Waals surface area contributed by atoms with E-state index < -0.39 is 15.7 Å². The van der Waals surface area contributed by atoms with Crippen LogP contribution >= 0.6 is 34.3 Å². The number of hydrogen-bond acceptors (Lipinski definition) is 6. The van der Waals surface area contributed by atoms with Crippen LogP contribution in [-0.2, 0) is 9.84 Å². The number of hydrogen-bond donors (Lipinski definition) is 1. The smallest absolute Gasteiger partial charge is 0.257 e. The third-order valence-electron chi connectivity index (χ3n) is 3.09. The molecule has 24 heavy (non-hydrogen) atoms. The number of thiophene rings is 1. The largest absolute Gasteiger partial charge is 0.298 e. The van der Waals surface area contributed by atoms with Gasteiger partial charge in [0.2, 0.25) is 0 Å². The van der Waals surface area contributed by atoms with E-state index in [1.54, 1.807) is 11.3 Å². The van der Waals surface area contributed by atoms with Crippen molar-refractivity contribution >= 4 is 55.2 Å². The quantitative estimate of drug-likeness (QED) is 0.715. The molecule has 0 radical (unpaired) electrons. The Labute approximate surface area is 151 Å². The molecule has 0 aliphatic rings. The summed E-state index contributed by atoms with van der Waals surface area (Å²) in [5.74, 6) is -0.441. The molecule has 0 bridgehead atoms. The molecular formula is C15H11ClN2O3S3. The maximum Gasteiger partial charge on any atom is 0.257 e. The summed E-state index contributed by atoms with van der Waals surface area (Å²) in [4.78, 5) is 17.6. The van der Waals surface area contributed by atoms with Crippen molar-refractivity contribution < 1.29 is 13.2 Å². The Morgan fingerprint density at radius 2 is 2.04 bits per heavy atom. The second-order valence-corrected chi connectivity index (χ2v) is 9.08. The SMILES string of the molecule is CS(=O)(=O)c1cc(C(=O)Nc2nc(-c3cccs3)cs2)ccc1Cl. The molecule has 0 saturated heterocycles. The molecule has 3 rings (SSSR count). The molecule has 2 aromatic heterocycles. The monoisotopic (exact) mass is 398 g/mol. The van der Waals surface area contributed by atoms with E-state index >= 15 is 0 Å². The third-order valence-corrected chi connectivity index (χ3v) is 6.32. The van der Waals surface area contributed by atoms with Crippen molar-refractivity contribution in [1.29, 1.82) is 0 Å². The number of thiazole rings is 1. The van der Waals surface area contributed by atoms with Crippen molar-refractivity contribution in [3.05, 3.63) is 51.7 Å². The van der Waals surface area contributed by atoms with Crippen LogP contribution in [-0.4, -0.2) is 25.6 Å². The summed E-state index contributed by atoms with van der Waals surface area (Å²) in [5, 5.41) is 7.01. The number of nitrogens with zero attached hydrogens (tertiary/aromatic N) is 1. The van der Waals surface area contributed by atoms with Crippen LogP contribution in [0.4, 0.5) is 5.13 Å². The number of rotatable bonds is 4. The number of anilines is 1. The number of aromatic nitrogens is 1. The maximum absolute atomic E-state index is 12.3. The minimum absolute atomic E-state index is 0.0739. The molecule has 1 amide bonds. The number of nitrogens with one attached hydrogen (secondary N) is 1. The molecule has 124 valence electrons. The van der Waals surface area contributed by atoms with E-state index in [-0.39, 0.29) is 15.5 Å². The lowest BCUT2D eigenvalue weighted by molar-refractivity contribution is 0.102. The predicted octanol–water partition coefficient (Wildman–Crippen LogP) is 4.18. The fourth-order valence-corrected chi connectivity index (χ4v) is 4.73. The van der Waals surface area contributed by atoms with E-state index in [0.717, 1.165) is 16.8 Å². The zero-order chi connectivity index (χ0) is 17.3. The van der Waals surface area contributed by atoms with Crippen LogP contribution in [0.15, 0.2) is 46.0 Å². The van der Waals surface area contributed by atoms with Gasteiger partial charge in [-0.3, -0.25) is 10.1 Å². The minimum atomic E-state index is -3.51. The molecule has 0 unspecified atom stereocenters. The van der Waals surface area contributed by atoms with Crippen molar-refractivity contribution in [2.45, 2.75) is 4.90 Å². The van der Waals surface area contributed by atoms with Crippen LogP contribution < -0.4 is 5.32 Å². The highest BCUT2D eigenvalue weighted by Crippen LogP contribution is 2.29. The van der Waals surface area contributed by atoms with Gasteiger partial charge in [-0.05, 0) is 29.6 Å².